The number of rotatable bonds is 7. The number of carbonyl (C=O) groups excluding carboxylic acids is 1. The van der Waals surface area contributed by atoms with E-state index in [9.17, 15) is 18.7 Å². The van der Waals surface area contributed by atoms with Crippen molar-refractivity contribution in [1.29, 1.82) is 0 Å². The van der Waals surface area contributed by atoms with Gasteiger partial charge in [0.05, 0.1) is 0 Å². The van der Waals surface area contributed by atoms with Crippen molar-refractivity contribution in [2.75, 3.05) is 0 Å². The smallest absolute Gasteiger partial charge is 0.268 e. The molecule has 0 aliphatic carbocycles. The van der Waals surface area contributed by atoms with Crippen molar-refractivity contribution >= 4 is 5.78 Å². The van der Waals surface area contributed by atoms with Crippen LogP contribution in [0.2, 0.25) is 0 Å². The molecule has 0 bridgehead atoms. The molecule has 2 atom stereocenters. The number of hydrogen-bond donors (Lipinski definition) is 2. The Kier molecular flexibility index (Phi) is 6.03. The van der Waals surface area contributed by atoms with Crippen LogP contribution in [-0.2, 0) is 11.3 Å². The number of nitrogens with one attached hydrogen (secondary N) is 1. The molecule has 25 heavy (non-hydrogen) atoms. The van der Waals surface area contributed by atoms with E-state index in [2.05, 4.69) is 11.4 Å². The molecule has 134 valence electrons. The van der Waals surface area contributed by atoms with Crippen molar-refractivity contribution in [1.82, 2.24) is 5.32 Å². The lowest BCUT2D eigenvalue weighted by Crippen LogP contribution is -2.56. The van der Waals surface area contributed by atoms with Crippen LogP contribution in [0.25, 0.3) is 11.1 Å². The Morgan fingerprint density at radius 3 is 2.32 bits per heavy atom. The second-order valence-electron chi connectivity index (χ2n) is 6.52. The molecule has 0 aromatic heterocycles. The number of Topliss-reactive ketones (excluding diaryl/α,β-unsaturated/α-hetero) is 1. The molecule has 2 aromatic carbocycles. The monoisotopic (exact) mass is 347 g/mol. The quantitative estimate of drug-likeness (QED) is 0.802. The van der Waals surface area contributed by atoms with E-state index in [-0.39, 0.29) is 6.54 Å². The first-order valence-corrected chi connectivity index (χ1v) is 8.12. The van der Waals surface area contributed by atoms with Crippen molar-refractivity contribution in [3.05, 3.63) is 59.7 Å². The maximum Gasteiger partial charge on any atom is 0.268 e. The second-order valence-corrected chi connectivity index (χ2v) is 6.52. The Bertz CT molecular complexity index is 727. The van der Waals surface area contributed by atoms with Crippen molar-refractivity contribution in [2.45, 2.75) is 45.4 Å². The topological polar surface area (TPSA) is 49.3 Å². The molecule has 0 spiro atoms. The molecule has 0 unspecified atom stereocenters. The van der Waals surface area contributed by atoms with Gasteiger partial charge >= 0.3 is 0 Å². The Hall–Kier alpha value is -2.11. The summed E-state index contributed by atoms with van der Waals surface area (Å²) in [4.78, 5) is 11.6. The third kappa shape index (κ3) is 4.71. The summed E-state index contributed by atoms with van der Waals surface area (Å²) in [6, 6.07) is 14.4. The minimum atomic E-state index is -3.02. The molecule has 3 nitrogen and oxygen atoms in total. The lowest BCUT2D eigenvalue weighted by Gasteiger charge is -2.31. The first-order chi connectivity index (χ1) is 11.7. The van der Waals surface area contributed by atoms with Crippen LogP contribution in [0.3, 0.4) is 0 Å². The zero-order valence-electron chi connectivity index (χ0n) is 14.6. The average Bonchev–Trinajstić information content (AvgIpc) is 2.55. The normalized spacial score (nSPS) is 15.0. The van der Waals surface area contributed by atoms with E-state index >= 15 is 0 Å². The van der Waals surface area contributed by atoms with E-state index < -0.39 is 23.9 Å². The number of hydrogen-bond acceptors (Lipinski definition) is 3. The highest BCUT2D eigenvalue weighted by molar-refractivity contribution is 5.82. The highest BCUT2D eigenvalue weighted by atomic mass is 19.3. The van der Waals surface area contributed by atoms with Crippen LogP contribution in [0.4, 0.5) is 8.78 Å². The third-order valence-electron chi connectivity index (χ3n) is 4.25. The van der Waals surface area contributed by atoms with Gasteiger partial charge in [-0.1, -0.05) is 54.1 Å². The molecule has 0 fully saturated rings. The fourth-order valence-electron chi connectivity index (χ4n) is 2.75. The SMILES string of the molecule is CC(=O)[C@@H](NCc1ccc(-c2cccc(C)c2)cc1)[C@](C)(O)C(F)F. The molecule has 5 heteroatoms. The number of aryl methyl sites for hydroxylation is 1. The van der Waals surface area contributed by atoms with Gasteiger partial charge in [0.1, 0.15) is 17.4 Å². The van der Waals surface area contributed by atoms with E-state index in [0.29, 0.717) is 0 Å². The first-order valence-electron chi connectivity index (χ1n) is 8.12. The lowest BCUT2D eigenvalue weighted by molar-refractivity contribution is -0.139. The molecule has 0 heterocycles. The molecule has 0 amide bonds. The zero-order valence-corrected chi connectivity index (χ0v) is 14.6. The van der Waals surface area contributed by atoms with E-state index in [4.69, 9.17) is 0 Å². The molecular formula is C20H23F2NO2. The van der Waals surface area contributed by atoms with Crippen LogP contribution in [0.15, 0.2) is 48.5 Å². The van der Waals surface area contributed by atoms with E-state index in [0.717, 1.165) is 23.6 Å². The Labute approximate surface area is 146 Å². The summed E-state index contributed by atoms with van der Waals surface area (Å²) in [6.45, 7) is 4.40. The zero-order chi connectivity index (χ0) is 18.6. The Balaban J connectivity index is 2.09. The van der Waals surface area contributed by atoms with Crippen LogP contribution in [0.1, 0.15) is 25.0 Å². The fourth-order valence-corrected chi connectivity index (χ4v) is 2.75. The molecule has 2 rings (SSSR count). The van der Waals surface area contributed by atoms with Crippen LogP contribution in [0.5, 0.6) is 0 Å². The summed E-state index contributed by atoms with van der Waals surface area (Å²) in [5, 5.41) is 12.6. The predicted octanol–water partition coefficient (Wildman–Crippen LogP) is 3.73. The summed E-state index contributed by atoms with van der Waals surface area (Å²) in [5.41, 5.74) is 1.75. The van der Waals surface area contributed by atoms with Crippen LogP contribution >= 0.6 is 0 Å². The van der Waals surface area contributed by atoms with Gasteiger partial charge in [0.2, 0.25) is 0 Å². The van der Waals surface area contributed by atoms with Gasteiger partial charge in [0.25, 0.3) is 6.43 Å². The number of ketones is 1. The van der Waals surface area contributed by atoms with Crippen molar-refractivity contribution in [3.8, 4) is 11.1 Å². The fraction of sp³-hybridized carbons (Fsp3) is 0.350. The van der Waals surface area contributed by atoms with Crippen molar-refractivity contribution in [3.63, 3.8) is 0 Å². The Morgan fingerprint density at radius 1 is 1.16 bits per heavy atom. The maximum atomic E-state index is 13.0. The largest absolute Gasteiger partial charge is 0.382 e. The van der Waals surface area contributed by atoms with Crippen LogP contribution in [-0.4, -0.2) is 29.0 Å². The molecule has 0 saturated heterocycles. The highest BCUT2D eigenvalue weighted by Gasteiger charge is 2.43. The molecule has 2 N–H and O–H groups in total. The standard InChI is InChI=1S/C20H23F2NO2/c1-13-5-4-6-17(11-13)16-9-7-15(8-10-16)12-23-18(14(2)24)20(3,25)19(21)22/h4-11,18-19,23,25H,12H2,1-3H3/t18-,20+/m1/s1. The van der Waals surface area contributed by atoms with E-state index in [1.54, 1.807) is 0 Å². The van der Waals surface area contributed by atoms with Crippen molar-refractivity contribution in [2.24, 2.45) is 0 Å². The number of aliphatic hydroxyl groups is 1. The van der Waals surface area contributed by atoms with Gasteiger partial charge in [0, 0.05) is 6.54 Å². The number of carbonyl (C=O) groups is 1. The minimum absolute atomic E-state index is 0.210. The first kappa shape index (κ1) is 19.2. The molecule has 0 aliphatic heterocycles. The molecule has 0 saturated carbocycles. The number of alkyl halides is 2. The van der Waals surface area contributed by atoms with Gasteiger partial charge in [-0.3, -0.25) is 4.79 Å². The molecule has 0 radical (unpaired) electrons. The molecule has 2 aromatic rings. The predicted molar refractivity (Wildman–Crippen MR) is 94.6 cm³/mol. The highest BCUT2D eigenvalue weighted by Crippen LogP contribution is 2.22. The summed E-state index contributed by atoms with van der Waals surface area (Å²) in [7, 11) is 0. The summed E-state index contributed by atoms with van der Waals surface area (Å²) >= 11 is 0. The van der Waals surface area contributed by atoms with Gasteiger partial charge < -0.3 is 10.4 Å². The summed E-state index contributed by atoms with van der Waals surface area (Å²) in [6.07, 6.45) is -3.02. The van der Waals surface area contributed by atoms with Gasteiger partial charge in [-0.15, -0.1) is 0 Å². The van der Waals surface area contributed by atoms with Crippen molar-refractivity contribution < 1.29 is 18.7 Å². The third-order valence-corrected chi connectivity index (χ3v) is 4.25. The van der Waals surface area contributed by atoms with E-state index in [1.807, 2.05) is 49.4 Å². The lowest BCUT2D eigenvalue weighted by atomic mass is 9.93. The summed E-state index contributed by atoms with van der Waals surface area (Å²) in [5.74, 6) is -0.526. The second kappa shape index (κ2) is 7.85. The molecular weight excluding hydrogens is 324 g/mol. The molecule has 0 aliphatic rings. The van der Waals surface area contributed by atoms with Gasteiger partial charge in [-0.05, 0) is 37.5 Å². The van der Waals surface area contributed by atoms with E-state index in [1.165, 1.54) is 12.5 Å². The van der Waals surface area contributed by atoms with Crippen LogP contribution in [0, 0.1) is 6.92 Å². The average molecular weight is 347 g/mol. The van der Waals surface area contributed by atoms with Gasteiger partial charge in [0.15, 0.2) is 0 Å². The summed E-state index contributed by atoms with van der Waals surface area (Å²) < 4.78 is 26.0. The van der Waals surface area contributed by atoms with Gasteiger partial charge in [-0.2, -0.15) is 0 Å². The van der Waals surface area contributed by atoms with Gasteiger partial charge in [-0.25, -0.2) is 8.78 Å². The van der Waals surface area contributed by atoms with Crippen LogP contribution < -0.4 is 5.32 Å². The minimum Gasteiger partial charge on any atom is -0.382 e. The number of benzene rings is 2. The number of halogens is 2. The maximum absolute atomic E-state index is 13.0. The Morgan fingerprint density at radius 2 is 1.80 bits per heavy atom.